The van der Waals surface area contributed by atoms with E-state index in [-0.39, 0.29) is 17.2 Å². The van der Waals surface area contributed by atoms with Gasteiger partial charge in [-0.2, -0.15) is 0 Å². The minimum atomic E-state index is -3.87. The van der Waals surface area contributed by atoms with Gasteiger partial charge in [-0.15, -0.1) is 0 Å². The zero-order valence-electron chi connectivity index (χ0n) is 14.7. The van der Waals surface area contributed by atoms with Crippen LogP contribution in [0.3, 0.4) is 0 Å². The lowest BCUT2D eigenvalue weighted by atomic mass is 10.1. The summed E-state index contributed by atoms with van der Waals surface area (Å²) in [5, 5.41) is 2.75. The zero-order chi connectivity index (χ0) is 18.6. The molecular weight excluding hydrogens is 340 g/mol. The Labute approximate surface area is 148 Å². The van der Waals surface area contributed by atoms with Crippen LogP contribution in [-0.2, 0) is 14.8 Å². The Balaban J connectivity index is 2.12. The van der Waals surface area contributed by atoms with Crippen molar-refractivity contribution >= 4 is 21.6 Å². The van der Waals surface area contributed by atoms with Gasteiger partial charge in [0.05, 0.1) is 13.7 Å². The fourth-order valence-corrected chi connectivity index (χ4v) is 3.66. The molecule has 134 valence electrons. The number of para-hydroxylation sites is 1. The maximum Gasteiger partial charge on any atom is 0.244 e. The average molecular weight is 362 g/mol. The molecule has 0 aromatic heterocycles. The number of methoxy groups -OCH3 is 1. The third kappa shape index (κ3) is 4.58. The first kappa shape index (κ1) is 19.0. The largest absolute Gasteiger partial charge is 0.495 e. The van der Waals surface area contributed by atoms with Crippen molar-refractivity contribution in [1.82, 2.24) is 4.72 Å². The number of carbonyl (C=O) groups is 1. The molecule has 0 aliphatic rings. The van der Waals surface area contributed by atoms with Gasteiger partial charge in [-0.05, 0) is 49.6 Å². The standard InChI is InChI=1S/C18H22N2O4S/c1-12-8-9-15(24-4)16(10-12)25(22,23)19-11-17(21)20-18-13(2)6-5-7-14(18)3/h5-10,19H,11H2,1-4H3,(H,20,21). The lowest BCUT2D eigenvalue weighted by molar-refractivity contribution is -0.115. The highest BCUT2D eigenvalue weighted by molar-refractivity contribution is 7.89. The number of hydrogen-bond acceptors (Lipinski definition) is 4. The Morgan fingerprint density at radius 3 is 2.32 bits per heavy atom. The number of anilines is 1. The molecule has 0 aliphatic carbocycles. The SMILES string of the molecule is COc1ccc(C)cc1S(=O)(=O)NCC(=O)Nc1c(C)cccc1C. The summed E-state index contributed by atoms with van der Waals surface area (Å²) in [7, 11) is -2.47. The number of aryl methyl sites for hydroxylation is 3. The first-order chi connectivity index (χ1) is 11.7. The van der Waals surface area contributed by atoms with Gasteiger partial charge >= 0.3 is 0 Å². The van der Waals surface area contributed by atoms with E-state index in [9.17, 15) is 13.2 Å². The smallest absolute Gasteiger partial charge is 0.244 e. The van der Waals surface area contributed by atoms with Crippen LogP contribution < -0.4 is 14.8 Å². The van der Waals surface area contributed by atoms with E-state index in [1.54, 1.807) is 19.1 Å². The molecule has 0 heterocycles. The van der Waals surface area contributed by atoms with Gasteiger partial charge in [0, 0.05) is 5.69 Å². The summed E-state index contributed by atoms with van der Waals surface area (Å²) in [5.74, 6) is -0.208. The molecule has 6 nitrogen and oxygen atoms in total. The van der Waals surface area contributed by atoms with Gasteiger partial charge in [0.1, 0.15) is 10.6 Å². The van der Waals surface area contributed by atoms with Crippen LogP contribution in [0.25, 0.3) is 0 Å². The molecule has 2 aromatic rings. The van der Waals surface area contributed by atoms with Crippen molar-refractivity contribution in [3.63, 3.8) is 0 Å². The zero-order valence-corrected chi connectivity index (χ0v) is 15.5. The quantitative estimate of drug-likeness (QED) is 0.827. The lowest BCUT2D eigenvalue weighted by Gasteiger charge is -2.13. The predicted molar refractivity (Wildman–Crippen MR) is 97.5 cm³/mol. The fraction of sp³-hybridized carbons (Fsp3) is 0.278. The molecule has 2 aromatic carbocycles. The van der Waals surface area contributed by atoms with Gasteiger partial charge in [0.15, 0.2) is 0 Å². The van der Waals surface area contributed by atoms with Crippen molar-refractivity contribution in [3.05, 3.63) is 53.1 Å². The highest BCUT2D eigenvalue weighted by Gasteiger charge is 2.20. The number of ether oxygens (including phenoxy) is 1. The summed E-state index contributed by atoms with van der Waals surface area (Å²) in [6.07, 6.45) is 0. The Morgan fingerprint density at radius 1 is 1.08 bits per heavy atom. The van der Waals surface area contributed by atoms with Crippen LogP contribution in [0.2, 0.25) is 0 Å². The molecule has 0 unspecified atom stereocenters. The van der Waals surface area contributed by atoms with Crippen LogP contribution in [0.4, 0.5) is 5.69 Å². The van der Waals surface area contributed by atoms with Gasteiger partial charge < -0.3 is 10.1 Å². The molecule has 1 amide bonds. The van der Waals surface area contributed by atoms with E-state index >= 15 is 0 Å². The van der Waals surface area contributed by atoms with E-state index in [1.807, 2.05) is 32.0 Å². The molecule has 0 bridgehead atoms. The first-order valence-corrected chi connectivity index (χ1v) is 9.23. The third-order valence-corrected chi connectivity index (χ3v) is 5.20. The van der Waals surface area contributed by atoms with Gasteiger partial charge in [-0.1, -0.05) is 24.3 Å². The second-order valence-corrected chi connectivity index (χ2v) is 7.53. The molecule has 0 saturated heterocycles. The number of amides is 1. The average Bonchev–Trinajstić information content (AvgIpc) is 2.56. The molecule has 7 heteroatoms. The second kappa shape index (κ2) is 7.67. The predicted octanol–water partition coefficient (Wildman–Crippen LogP) is 2.54. The topological polar surface area (TPSA) is 84.5 Å². The Hall–Kier alpha value is -2.38. The maximum absolute atomic E-state index is 12.5. The summed E-state index contributed by atoms with van der Waals surface area (Å²) in [5.41, 5.74) is 3.30. The summed E-state index contributed by atoms with van der Waals surface area (Å²) < 4.78 is 32.4. The second-order valence-electron chi connectivity index (χ2n) is 5.79. The van der Waals surface area contributed by atoms with Crippen LogP contribution in [-0.4, -0.2) is 28.0 Å². The first-order valence-electron chi connectivity index (χ1n) is 7.75. The lowest BCUT2D eigenvalue weighted by Crippen LogP contribution is -2.33. The Kier molecular flexibility index (Phi) is 5.81. The fourth-order valence-electron chi connectivity index (χ4n) is 2.43. The van der Waals surface area contributed by atoms with E-state index in [4.69, 9.17) is 4.74 Å². The van der Waals surface area contributed by atoms with Crippen molar-refractivity contribution in [2.24, 2.45) is 0 Å². The monoisotopic (exact) mass is 362 g/mol. The maximum atomic E-state index is 12.5. The molecule has 25 heavy (non-hydrogen) atoms. The van der Waals surface area contributed by atoms with Crippen LogP contribution in [0.5, 0.6) is 5.75 Å². The van der Waals surface area contributed by atoms with E-state index < -0.39 is 15.9 Å². The van der Waals surface area contributed by atoms with E-state index in [0.29, 0.717) is 5.69 Å². The van der Waals surface area contributed by atoms with Gasteiger partial charge in [0.2, 0.25) is 15.9 Å². The van der Waals surface area contributed by atoms with Crippen LogP contribution in [0.15, 0.2) is 41.3 Å². The Morgan fingerprint density at radius 2 is 1.72 bits per heavy atom. The number of sulfonamides is 1. The van der Waals surface area contributed by atoms with Crippen molar-refractivity contribution in [3.8, 4) is 5.75 Å². The number of nitrogens with one attached hydrogen (secondary N) is 2. The van der Waals surface area contributed by atoms with Crippen molar-refractivity contribution in [2.45, 2.75) is 25.7 Å². The molecule has 0 fully saturated rings. The van der Waals surface area contributed by atoms with Gasteiger partial charge in [0.25, 0.3) is 0 Å². The third-order valence-electron chi connectivity index (χ3n) is 3.78. The molecule has 0 saturated carbocycles. The molecule has 2 rings (SSSR count). The summed E-state index contributed by atoms with van der Waals surface area (Å²) in [6, 6.07) is 10.5. The van der Waals surface area contributed by atoms with E-state index in [2.05, 4.69) is 10.0 Å². The minimum absolute atomic E-state index is 0.00914. The molecule has 0 radical (unpaired) electrons. The molecule has 0 aliphatic heterocycles. The minimum Gasteiger partial charge on any atom is -0.495 e. The van der Waals surface area contributed by atoms with Crippen LogP contribution in [0, 0.1) is 20.8 Å². The van der Waals surface area contributed by atoms with Crippen LogP contribution in [0.1, 0.15) is 16.7 Å². The number of benzene rings is 2. The highest BCUT2D eigenvalue weighted by Crippen LogP contribution is 2.24. The molecular formula is C18H22N2O4S. The Bertz CT molecular complexity index is 872. The number of carbonyl (C=O) groups excluding carboxylic acids is 1. The number of hydrogen-bond donors (Lipinski definition) is 2. The van der Waals surface area contributed by atoms with Crippen molar-refractivity contribution in [1.29, 1.82) is 0 Å². The summed E-state index contributed by atoms with van der Waals surface area (Å²) in [4.78, 5) is 12.2. The highest BCUT2D eigenvalue weighted by atomic mass is 32.2. The van der Waals surface area contributed by atoms with E-state index in [0.717, 1.165) is 16.7 Å². The summed E-state index contributed by atoms with van der Waals surface area (Å²) in [6.45, 7) is 5.17. The number of rotatable bonds is 6. The van der Waals surface area contributed by atoms with Crippen molar-refractivity contribution < 1.29 is 17.9 Å². The van der Waals surface area contributed by atoms with Crippen LogP contribution >= 0.6 is 0 Å². The van der Waals surface area contributed by atoms with E-state index in [1.165, 1.54) is 13.2 Å². The van der Waals surface area contributed by atoms with Gasteiger partial charge in [-0.25, -0.2) is 13.1 Å². The molecule has 2 N–H and O–H groups in total. The normalized spacial score (nSPS) is 11.2. The molecule has 0 spiro atoms. The van der Waals surface area contributed by atoms with Crippen molar-refractivity contribution in [2.75, 3.05) is 19.0 Å². The van der Waals surface area contributed by atoms with Gasteiger partial charge in [-0.3, -0.25) is 4.79 Å². The summed E-state index contributed by atoms with van der Waals surface area (Å²) >= 11 is 0. The molecule has 0 atom stereocenters.